The molecule has 0 radical (unpaired) electrons. The lowest BCUT2D eigenvalue weighted by Crippen LogP contribution is -2.04. The summed E-state index contributed by atoms with van der Waals surface area (Å²) >= 11 is 6.07. The first-order chi connectivity index (χ1) is 9.75. The van der Waals surface area contributed by atoms with Crippen molar-refractivity contribution in [2.24, 2.45) is 0 Å². The predicted molar refractivity (Wildman–Crippen MR) is 81.2 cm³/mol. The summed E-state index contributed by atoms with van der Waals surface area (Å²) in [6, 6.07) is 16.8. The van der Waals surface area contributed by atoms with E-state index in [1.54, 1.807) is 18.3 Å². The van der Waals surface area contributed by atoms with E-state index in [0.717, 1.165) is 16.5 Å². The van der Waals surface area contributed by atoms with E-state index in [2.05, 4.69) is 4.98 Å². The smallest absolute Gasteiger partial charge is 0.168 e. The molecule has 0 fully saturated rings. The number of halogens is 1. The van der Waals surface area contributed by atoms with Crippen molar-refractivity contribution in [3.63, 3.8) is 0 Å². The van der Waals surface area contributed by atoms with E-state index in [-0.39, 0.29) is 5.78 Å². The monoisotopic (exact) mass is 281 g/mol. The van der Waals surface area contributed by atoms with Crippen LogP contribution in [0.1, 0.15) is 15.9 Å². The van der Waals surface area contributed by atoms with Crippen LogP contribution in [-0.4, -0.2) is 10.8 Å². The van der Waals surface area contributed by atoms with Gasteiger partial charge < -0.3 is 0 Å². The summed E-state index contributed by atoms with van der Waals surface area (Å²) < 4.78 is 0. The summed E-state index contributed by atoms with van der Waals surface area (Å²) in [5.74, 6) is 0.0203. The lowest BCUT2D eigenvalue weighted by Gasteiger charge is -2.06. The molecule has 2 aromatic carbocycles. The van der Waals surface area contributed by atoms with E-state index in [9.17, 15) is 4.79 Å². The summed E-state index contributed by atoms with van der Waals surface area (Å²) in [6.07, 6.45) is 2.08. The highest BCUT2D eigenvalue weighted by molar-refractivity contribution is 6.34. The van der Waals surface area contributed by atoms with Gasteiger partial charge in [-0.1, -0.05) is 41.9 Å². The van der Waals surface area contributed by atoms with Crippen LogP contribution in [0, 0.1) is 0 Å². The van der Waals surface area contributed by atoms with E-state index < -0.39 is 0 Å². The third-order valence-electron chi connectivity index (χ3n) is 3.26. The number of aromatic nitrogens is 1. The second kappa shape index (κ2) is 5.43. The van der Waals surface area contributed by atoms with Crippen LogP contribution < -0.4 is 0 Å². The number of hydrogen-bond acceptors (Lipinski definition) is 2. The lowest BCUT2D eigenvalue weighted by atomic mass is 9.99. The molecule has 0 aliphatic carbocycles. The highest BCUT2D eigenvalue weighted by Crippen LogP contribution is 2.21. The van der Waals surface area contributed by atoms with Crippen LogP contribution in [0.4, 0.5) is 0 Å². The van der Waals surface area contributed by atoms with Gasteiger partial charge in [0.25, 0.3) is 0 Å². The average Bonchev–Trinajstić information content (AvgIpc) is 2.48. The van der Waals surface area contributed by atoms with E-state index in [4.69, 9.17) is 11.6 Å². The Balaban J connectivity index is 1.98. The van der Waals surface area contributed by atoms with Gasteiger partial charge in [-0.3, -0.25) is 9.78 Å². The van der Waals surface area contributed by atoms with Crippen molar-refractivity contribution >= 4 is 28.3 Å². The van der Waals surface area contributed by atoms with Crippen LogP contribution in [-0.2, 0) is 6.42 Å². The highest BCUT2D eigenvalue weighted by Gasteiger charge is 2.12. The van der Waals surface area contributed by atoms with Crippen molar-refractivity contribution in [3.05, 3.63) is 76.9 Å². The minimum atomic E-state index is 0.0203. The van der Waals surface area contributed by atoms with Crippen molar-refractivity contribution in [3.8, 4) is 0 Å². The van der Waals surface area contributed by atoms with Gasteiger partial charge >= 0.3 is 0 Å². The quantitative estimate of drug-likeness (QED) is 0.670. The summed E-state index contributed by atoms with van der Waals surface area (Å²) in [5, 5.41) is 1.51. The minimum Gasteiger partial charge on any atom is -0.294 e. The molecule has 2 nitrogen and oxygen atoms in total. The number of carbonyl (C=O) groups excluding carboxylic acids is 1. The predicted octanol–water partition coefficient (Wildman–Crippen LogP) is 4.31. The third kappa shape index (κ3) is 2.43. The van der Waals surface area contributed by atoms with Crippen LogP contribution in [0.2, 0.25) is 5.02 Å². The first kappa shape index (κ1) is 12.8. The van der Waals surface area contributed by atoms with Crippen LogP contribution in [0.5, 0.6) is 0 Å². The summed E-state index contributed by atoms with van der Waals surface area (Å²) in [4.78, 5) is 16.7. The molecule has 0 unspecified atom stereocenters. The second-order valence-electron chi connectivity index (χ2n) is 4.57. The number of carbonyl (C=O) groups is 1. The molecule has 0 amide bonds. The standard InChI is InChI=1S/C17H12ClNO/c18-15-8-2-1-6-14(15)17(20)11-12-5-3-9-16-13(12)7-4-10-19-16/h1-10H,11H2. The Kier molecular flexibility index (Phi) is 3.48. The second-order valence-corrected chi connectivity index (χ2v) is 4.97. The van der Waals surface area contributed by atoms with Gasteiger partial charge in [-0.2, -0.15) is 0 Å². The van der Waals surface area contributed by atoms with Crippen molar-refractivity contribution < 1.29 is 4.79 Å². The number of fused-ring (bicyclic) bond motifs is 1. The molecule has 0 aliphatic rings. The van der Waals surface area contributed by atoms with Gasteiger partial charge in [0.05, 0.1) is 10.5 Å². The topological polar surface area (TPSA) is 30.0 Å². The van der Waals surface area contributed by atoms with Crippen molar-refractivity contribution in [1.82, 2.24) is 4.98 Å². The molecule has 0 saturated heterocycles. The molecule has 1 heterocycles. The molecular formula is C17H12ClNO. The van der Waals surface area contributed by atoms with E-state index in [1.807, 2.05) is 42.5 Å². The Morgan fingerprint density at radius 2 is 1.85 bits per heavy atom. The molecule has 0 saturated carbocycles. The van der Waals surface area contributed by atoms with Crippen LogP contribution >= 0.6 is 11.6 Å². The number of benzene rings is 2. The fourth-order valence-electron chi connectivity index (χ4n) is 2.28. The molecule has 3 aromatic rings. The van der Waals surface area contributed by atoms with E-state index in [1.165, 1.54) is 0 Å². The molecular weight excluding hydrogens is 270 g/mol. The fraction of sp³-hybridized carbons (Fsp3) is 0.0588. The molecule has 0 atom stereocenters. The first-order valence-corrected chi connectivity index (χ1v) is 6.74. The zero-order valence-corrected chi connectivity index (χ0v) is 11.5. The molecule has 0 bridgehead atoms. The molecule has 98 valence electrons. The van der Waals surface area contributed by atoms with Gasteiger partial charge in [-0.05, 0) is 29.8 Å². The van der Waals surface area contributed by atoms with Crippen molar-refractivity contribution in [2.45, 2.75) is 6.42 Å². The van der Waals surface area contributed by atoms with Gasteiger partial charge in [0.1, 0.15) is 0 Å². The number of ketones is 1. The van der Waals surface area contributed by atoms with Gasteiger partial charge in [-0.15, -0.1) is 0 Å². The Morgan fingerprint density at radius 3 is 2.70 bits per heavy atom. The van der Waals surface area contributed by atoms with Gasteiger partial charge in [0, 0.05) is 23.6 Å². The lowest BCUT2D eigenvalue weighted by molar-refractivity contribution is 0.0993. The molecule has 0 N–H and O–H groups in total. The number of rotatable bonds is 3. The van der Waals surface area contributed by atoms with Crippen LogP contribution in [0.25, 0.3) is 10.9 Å². The van der Waals surface area contributed by atoms with Gasteiger partial charge in [0.15, 0.2) is 5.78 Å². The maximum Gasteiger partial charge on any atom is 0.168 e. The zero-order chi connectivity index (χ0) is 13.9. The van der Waals surface area contributed by atoms with Crippen LogP contribution in [0.15, 0.2) is 60.8 Å². The molecule has 20 heavy (non-hydrogen) atoms. The SMILES string of the molecule is O=C(Cc1cccc2ncccc12)c1ccccc1Cl. The number of pyridine rings is 1. The number of nitrogens with zero attached hydrogens (tertiary/aromatic N) is 1. The first-order valence-electron chi connectivity index (χ1n) is 6.36. The minimum absolute atomic E-state index is 0.0203. The van der Waals surface area contributed by atoms with E-state index in [0.29, 0.717) is 17.0 Å². The molecule has 3 heteroatoms. The molecule has 0 spiro atoms. The number of Topliss-reactive ketones (excluding diaryl/α,β-unsaturated/α-hetero) is 1. The Bertz CT molecular complexity index is 777. The van der Waals surface area contributed by atoms with Crippen molar-refractivity contribution in [1.29, 1.82) is 0 Å². The molecule has 1 aromatic heterocycles. The van der Waals surface area contributed by atoms with Gasteiger partial charge in [0.2, 0.25) is 0 Å². The normalized spacial score (nSPS) is 10.7. The molecule has 0 aliphatic heterocycles. The average molecular weight is 282 g/mol. The van der Waals surface area contributed by atoms with Crippen molar-refractivity contribution in [2.75, 3.05) is 0 Å². The maximum absolute atomic E-state index is 12.4. The molecule has 3 rings (SSSR count). The fourth-order valence-corrected chi connectivity index (χ4v) is 2.52. The Hall–Kier alpha value is -2.19. The van der Waals surface area contributed by atoms with Gasteiger partial charge in [-0.25, -0.2) is 0 Å². The highest BCUT2D eigenvalue weighted by atomic mass is 35.5. The zero-order valence-electron chi connectivity index (χ0n) is 10.7. The summed E-state index contributed by atoms with van der Waals surface area (Å²) in [6.45, 7) is 0. The Morgan fingerprint density at radius 1 is 1.00 bits per heavy atom. The van der Waals surface area contributed by atoms with Crippen LogP contribution in [0.3, 0.4) is 0 Å². The summed E-state index contributed by atoms with van der Waals surface area (Å²) in [7, 11) is 0. The summed E-state index contributed by atoms with van der Waals surface area (Å²) in [5.41, 5.74) is 2.44. The maximum atomic E-state index is 12.4. The van der Waals surface area contributed by atoms with E-state index >= 15 is 0 Å². The largest absolute Gasteiger partial charge is 0.294 e. The number of hydrogen-bond donors (Lipinski definition) is 0. The third-order valence-corrected chi connectivity index (χ3v) is 3.59. The Labute approximate surface area is 122 Å².